The summed E-state index contributed by atoms with van der Waals surface area (Å²) in [6, 6.07) is 4.84. The zero-order valence-electron chi connectivity index (χ0n) is 11.9. The molecule has 0 radical (unpaired) electrons. The van der Waals surface area contributed by atoms with E-state index in [4.69, 9.17) is 14.7 Å². The summed E-state index contributed by atoms with van der Waals surface area (Å²) in [5.74, 6) is 0. The predicted molar refractivity (Wildman–Crippen MR) is 75.2 cm³/mol. The molecular weight excluding hydrogens is 314 g/mol. The van der Waals surface area contributed by atoms with Gasteiger partial charge in [-0.25, -0.2) is 0 Å². The molecule has 8 nitrogen and oxygen atoms in total. The fraction of sp³-hybridized carbons (Fsp3) is 0.538. The Kier molecular flexibility index (Phi) is 5.17. The molecule has 1 heterocycles. The minimum Gasteiger partial charge on any atom is -0.388 e. The largest absolute Gasteiger partial charge is 0.388 e. The molecule has 2 rings (SSSR count). The Bertz CT molecular complexity index is 603. The number of ether oxygens (including phenoxy) is 1. The van der Waals surface area contributed by atoms with Crippen molar-refractivity contribution < 1.29 is 32.7 Å². The van der Waals surface area contributed by atoms with Crippen molar-refractivity contribution in [2.75, 3.05) is 6.61 Å². The molecule has 0 aromatic heterocycles. The number of aliphatic hydroxyl groups is 3. The van der Waals surface area contributed by atoms with Crippen LogP contribution in [0.15, 0.2) is 29.2 Å². The number of aliphatic hydroxyl groups excluding tert-OH is 3. The molecule has 0 bridgehead atoms. The second-order valence-electron chi connectivity index (χ2n) is 5.18. The minimum atomic E-state index is -4.03. The van der Waals surface area contributed by atoms with Crippen molar-refractivity contribution in [1.82, 2.24) is 0 Å². The Morgan fingerprint density at radius 2 is 1.77 bits per heavy atom. The maximum absolute atomic E-state index is 12.0. The highest BCUT2D eigenvalue weighted by atomic mass is 32.2. The van der Waals surface area contributed by atoms with Crippen molar-refractivity contribution in [3.63, 3.8) is 0 Å². The zero-order valence-corrected chi connectivity index (χ0v) is 12.7. The third-order valence-corrected chi connectivity index (χ3v) is 4.76. The first-order valence-electron chi connectivity index (χ1n) is 6.64. The molecule has 0 spiro atoms. The minimum absolute atomic E-state index is 0.0406. The summed E-state index contributed by atoms with van der Waals surface area (Å²) in [6.07, 6.45) is -5.65. The number of benzene rings is 1. The molecule has 5 N–H and O–H groups in total. The molecule has 0 saturated carbocycles. The molecular formula is C13H19NO7S. The Balaban J connectivity index is 2.04. The van der Waals surface area contributed by atoms with Gasteiger partial charge >= 0.3 is 0 Å². The monoisotopic (exact) mass is 333 g/mol. The summed E-state index contributed by atoms with van der Waals surface area (Å²) >= 11 is 0. The molecule has 1 aliphatic heterocycles. The van der Waals surface area contributed by atoms with Crippen LogP contribution in [-0.4, -0.2) is 61.0 Å². The van der Waals surface area contributed by atoms with Crippen LogP contribution in [-0.2, 0) is 19.0 Å². The lowest BCUT2D eigenvalue weighted by Crippen LogP contribution is -2.62. The number of nitrogens with two attached hydrogens (primary N) is 1. The number of hydrogen-bond acceptors (Lipinski definition) is 8. The van der Waals surface area contributed by atoms with E-state index < -0.39 is 47.4 Å². The van der Waals surface area contributed by atoms with E-state index in [1.54, 1.807) is 12.1 Å². The van der Waals surface area contributed by atoms with Gasteiger partial charge in [-0.15, -0.1) is 0 Å². The van der Waals surface area contributed by atoms with Crippen molar-refractivity contribution in [3.05, 3.63) is 29.8 Å². The van der Waals surface area contributed by atoms with Gasteiger partial charge in [-0.05, 0) is 19.1 Å². The Morgan fingerprint density at radius 1 is 1.18 bits per heavy atom. The molecule has 0 aliphatic carbocycles. The van der Waals surface area contributed by atoms with Gasteiger partial charge in [-0.3, -0.25) is 4.18 Å². The highest BCUT2D eigenvalue weighted by Crippen LogP contribution is 2.21. The molecule has 1 saturated heterocycles. The number of hydrogen-bond donors (Lipinski definition) is 4. The van der Waals surface area contributed by atoms with Crippen molar-refractivity contribution in [1.29, 1.82) is 0 Å². The van der Waals surface area contributed by atoms with Gasteiger partial charge in [0.15, 0.2) is 6.29 Å². The van der Waals surface area contributed by atoms with Gasteiger partial charge in [-0.2, -0.15) is 8.42 Å². The van der Waals surface area contributed by atoms with Crippen LogP contribution in [0.3, 0.4) is 0 Å². The first kappa shape index (κ1) is 17.3. The van der Waals surface area contributed by atoms with Crippen LogP contribution < -0.4 is 5.73 Å². The van der Waals surface area contributed by atoms with Gasteiger partial charge in [0.25, 0.3) is 10.1 Å². The van der Waals surface area contributed by atoms with Crippen molar-refractivity contribution >= 4 is 10.1 Å². The molecule has 5 atom stereocenters. The summed E-state index contributed by atoms with van der Waals surface area (Å²) in [7, 11) is -4.03. The average molecular weight is 333 g/mol. The maximum atomic E-state index is 12.0. The second-order valence-corrected chi connectivity index (χ2v) is 6.79. The van der Waals surface area contributed by atoms with Gasteiger partial charge in [-0.1, -0.05) is 17.7 Å². The number of rotatable bonds is 4. The topological polar surface area (TPSA) is 139 Å². The Labute approximate surface area is 128 Å². The summed E-state index contributed by atoms with van der Waals surface area (Å²) in [4.78, 5) is -0.0406. The first-order valence-corrected chi connectivity index (χ1v) is 8.04. The first-order chi connectivity index (χ1) is 10.2. The Hall–Kier alpha value is -1.07. The normalized spacial score (nSPS) is 32.9. The SMILES string of the molecule is Cc1ccc(S(=O)(=O)OC[C@H]2O[C@@H](O)[C@H](N)[C@H](O)[C@H]2O)cc1. The molecule has 22 heavy (non-hydrogen) atoms. The van der Waals surface area contributed by atoms with E-state index in [0.717, 1.165) is 5.56 Å². The van der Waals surface area contributed by atoms with Crippen LogP contribution in [0.2, 0.25) is 0 Å². The summed E-state index contributed by atoms with van der Waals surface area (Å²) < 4.78 is 33.8. The zero-order chi connectivity index (χ0) is 16.5. The molecule has 0 amide bonds. The van der Waals surface area contributed by atoms with Crippen LogP contribution in [0.25, 0.3) is 0 Å². The molecule has 1 fully saturated rings. The van der Waals surface area contributed by atoms with E-state index in [2.05, 4.69) is 0 Å². The third-order valence-electron chi connectivity index (χ3n) is 3.47. The Morgan fingerprint density at radius 3 is 2.36 bits per heavy atom. The van der Waals surface area contributed by atoms with E-state index in [1.807, 2.05) is 6.92 Å². The quantitative estimate of drug-likeness (QED) is 0.487. The third kappa shape index (κ3) is 3.63. The van der Waals surface area contributed by atoms with Crippen molar-refractivity contribution in [2.45, 2.75) is 42.5 Å². The van der Waals surface area contributed by atoms with Crippen LogP contribution in [0.4, 0.5) is 0 Å². The van der Waals surface area contributed by atoms with Crippen LogP contribution in [0, 0.1) is 6.92 Å². The van der Waals surface area contributed by atoms with Gasteiger partial charge in [0.05, 0.1) is 17.5 Å². The molecule has 124 valence electrons. The van der Waals surface area contributed by atoms with E-state index in [1.165, 1.54) is 12.1 Å². The molecule has 9 heteroatoms. The lowest BCUT2D eigenvalue weighted by atomic mass is 9.98. The highest BCUT2D eigenvalue weighted by Gasteiger charge is 2.42. The van der Waals surface area contributed by atoms with Crippen LogP contribution >= 0.6 is 0 Å². The molecule has 0 unspecified atom stereocenters. The van der Waals surface area contributed by atoms with E-state index >= 15 is 0 Å². The standard InChI is InChI=1S/C13H19NO7S/c1-7-2-4-8(5-3-7)22(18,19)20-6-9-11(15)12(16)10(14)13(17)21-9/h2-5,9-13,15-17H,6,14H2,1H3/t9-,10-,11+,12+,13-/m1/s1. The van der Waals surface area contributed by atoms with Crippen LogP contribution in [0.5, 0.6) is 0 Å². The lowest BCUT2D eigenvalue weighted by Gasteiger charge is -2.38. The summed E-state index contributed by atoms with van der Waals surface area (Å²) in [5, 5.41) is 28.9. The van der Waals surface area contributed by atoms with Gasteiger partial charge in [0, 0.05) is 0 Å². The van der Waals surface area contributed by atoms with Gasteiger partial charge in [0.1, 0.15) is 18.3 Å². The number of aryl methyl sites for hydroxylation is 1. The highest BCUT2D eigenvalue weighted by molar-refractivity contribution is 7.86. The second kappa shape index (κ2) is 6.59. The summed E-state index contributed by atoms with van der Waals surface area (Å²) in [6.45, 7) is 1.26. The fourth-order valence-electron chi connectivity index (χ4n) is 2.03. The van der Waals surface area contributed by atoms with Crippen molar-refractivity contribution in [3.8, 4) is 0 Å². The smallest absolute Gasteiger partial charge is 0.297 e. The van der Waals surface area contributed by atoms with Gasteiger partial charge in [0.2, 0.25) is 0 Å². The maximum Gasteiger partial charge on any atom is 0.297 e. The molecule has 1 aromatic carbocycles. The van der Waals surface area contributed by atoms with E-state index in [9.17, 15) is 23.7 Å². The molecule has 1 aromatic rings. The van der Waals surface area contributed by atoms with Gasteiger partial charge < -0.3 is 25.8 Å². The molecule has 1 aliphatic rings. The van der Waals surface area contributed by atoms with E-state index in [0.29, 0.717) is 0 Å². The summed E-state index contributed by atoms with van der Waals surface area (Å²) in [5.41, 5.74) is 6.31. The van der Waals surface area contributed by atoms with E-state index in [-0.39, 0.29) is 4.90 Å². The average Bonchev–Trinajstić information content (AvgIpc) is 2.48. The van der Waals surface area contributed by atoms with Crippen molar-refractivity contribution in [2.24, 2.45) is 5.73 Å². The van der Waals surface area contributed by atoms with Crippen LogP contribution in [0.1, 0.15) is 5.56 Å². The fourth-order valence-corrected chi connectivity index (χ4v) is 2.95. The predicted octanol–water partition coefficient (Wildman–Crippen LogP) is -1.53. The lowest BCUT2D eigenvalue weighted by molar-refractivity contribution is -0.246.